The first-order chi connectivity index (χ1) is 7.33. The number of imidazole rings is 2. The van der Waals surface area contributed by atoms with E-state index in [1.54, 1.807) is 6.20 Å². The van der Waals surface area contributed by atoms with Crippen LogP contribution in [-0.4, -0.2) is 19.9 Å². The van der Waals surface area contributed by atoms with E-state index in [-0.39, 0.29) is 0 Å². The summed E-state index contributed by atoms with van der Waals surface area (Å²) >= 11 is 0. The summed E-state index contributed by atoms with van der Waals surface area (Å²) < 4.78 is 0. The van der Waals surface area contributed by atoms with Gasteiger partial charge < -0.3 is 9.97 Å². The molecule has 0 atom stereocenters. The molecular weight excluding hydrogens is 188 g/mol. The van der Waals surface area contributed by atoms with Gasteiger partial charge in [0.1, 0.15) is 0 Å². The third-order valence-electron chi connectivity index (χ3n) is 2.32. The Kier molecular flexibility index (Phi) is 1.62. The molecular formula is C11H10N4. The third-order valence-corrected chi connectivity index (χ3v) is 2.32. The van der Waals surface area contributed by atoms with Crippen molar-refractivity contribution in [2.45, 2.75) is 6.92 Å². The molecule has 3 aromatic rings. The molecule has 0 fully saturated rings. The van der Waals surface area contributed by atoms with Crippen molar-refractivity contribution in [1.29, 1.82) is 0 Å². The summed E-state index contributed by atoms with van der Waals surface area (Å²) in [6.45, 7) is 1.97. The van der Waals surface area contributed by atoms with Crippen LogP contribution in [0.3, 0.4) is 0 Å². The average molecular weight is 198 g/mol. The maximum Gasteiger partial charge on any atom is 0.174 e. The predicted molar refractivity (Wildman–Crippen MR) is 58.4 cm³/mol. The minimum Gasteiger partial charge on any atom is -0.340 e. The summed E-state index contributed by atoms with van der Waals surface area (Å²) in [7, 11) is 0. The molecule has 4 nitrogen and oxygen atoms in total. The first kappa shape index (κ1) is 8.23. The molecule has 2 heterocycles. The number of aromatic amines is 2. The topological polar surface area (TPSA) is 57.4 Å². The van der Waals surface area contributed by atoms with E-state index in [0.717, 1.165) is 28.4 Å². The quantitative estimate of drug-likeness (QED) is 0.630. The van der Waals surface area contributed by atoms with Crippen molar-refractivity contribution in [3.63, 3.8) is 0 Å². The minimum absolute atomic E-state index is 0.781. The highest BCUT2D eigenvalue weighted by Crippen LogP contribution is 2.17. The molecule has 3 rings (SSSR count). The monoisotopic (exact) mass is 198 g/mol. The van der Waals surface area contributed by atoms with Crippen molar-refractivity contribution in [3.05, 3.63) is 36.2 Å². The molecule has 0 spiro atoms. The van der Waals surface area contributed by atoms with E-state index in [1.165, 1.54) is 0 Å². The van der Waals surface area contributed by atoms with Crippen LogP contribution in [-0.2, 0) is 0 Å². The molecule has 2 N–H and O–H groups in total. The lowest BCUT2D eigenvalue weighted by atomic mass is 10.3. The zero-order chi connectivity index (χ0) is 10.3. The van der Waals surface area contributed by atoms with Crippen LogP contribution >= 0.6 is 0 Å². The van der Waals surface area contributed by atoms with Crippen LogP contribution in [0, 0.1) is 6.92 Å². The van der Waals surface area contributed by atoms with E-state index >= 15 is 0 Å². The van der Waals surface area contributed by atoms with Crippen molar-refractivity contribution in [3.8, 4) is 11.6 Å². The smallest absolute Gasteiger partial charge is 0.174 e. The van der Waals surface area contributed by atoms with Crippen molar-refractivity contribution in [2.24, 2.45) is 0 Å². The number of nitrogens with zero attached hydrogens (tertiary/aromatic N) is 2. The predicted octanol–water partition coefficient (Wildman–Crippen LogP) is 2.26. The van der Waals surface area contributed by atoms with Crippen LogP contribution in [0.2, 0.25) is 0 Å². The van der Waals surface area contributed by atoms with Gasteiger partial charge in [-0.25, -0.2) is 9.97 Å². The van der Waals surface area contributed by atoms with E-state index < -0.39 is 0 Å². The molecule has 1 aromatic carbocycles. The fourth-order valence-electron chi connectivity index (χ4n) is 1.60. The molecule has 74 valence electrons. The normalized spacial score (nSPS) is 11.0. The lowest BCUT2D eigenvalue weighted by molar-refractivity contribution is 1.19. The Balaban J connectivity index is 2.19. The summed E-state index contributed by atoms with van der Waals surface area (Å²) in [5.74, 6) is 1.56. The maximum absolute atomic E-state index is 4.45. The van der Waals surface area contributed by atoms with Crippen LogP contribution in [0.5, 0.6) is 0 Å². The molecule has 0 aliphatic carbocycles. The van der Waals surface area contributed by atoms with Gasteiger partial charge in [0.05, 0.1) is 11.0 Å². The van der Waals surface area contributed by atoms with Crippen molar-refractivity contribution in [2.75, 3.05) is 0 Å². The first-order valence-corrected chi connectivity index (χ1v) is 4.80. The molecule has 0 aliphatic heterocycles. The Bertz CT molecular complexity index is 573. The molecule has 0 aliphatic rings. The van der Waals surface area contributed by atoms with E-state index in [4.69, 9.17) is 0 Å². The molecule has 0 saturated carbocycles. The van der Waals surface area contributed by atoms with Gasteiger partial charge in [0.15, 0.2) is 11.6 Å². The van der Waals surface area contributed by atoms with Crippen molar-refractivity contribution in [1.82, 2.24) is 19.9 Å². The Morgan fingerprint density at radius 1 is 1.07 bits per heavy atom. The van der Waals surface area contributed by atoms with E-state index in [1.807, 2.05) is 31.2 Å². The largest absolute Gasteiger partial charge is 0.340 e. The fraction of sp³-hybridized carbons (Fsp3) is 0.0909. The average Bonchev–Trinajstić information content (AvgIpc) is 2.82. The van der Waals surface area contributed by atoms with Gasteiger partial charge in [-0.1, -0.05) is 12.1 Å². The zero-order valence-corrected chi connectivity index (χ0v) is 8.28. The number of para-hydroxylation sites is 2. The van der Waals surface area contributed by atoms with Crippen LogP contribution < -0.4 is 0 Å². The highest BCUT2D eigenvalue weighted by atomic mass is 15.0. The number of hydrogen-bond donors (Lipinski definition) is 2. The standard InChI is InChI=1S/C11H10N4/c1-7-6-12-10(13-7)11-14-8-4-2-3-5-9(8)15-11/h2-6H,1H3,(H,12,13)(H,14,15). The Labute approximate surface area is 86.4 Å². The third kappa shape index (κ3) is 1.30. The zero-order valence-electron chi connectivity index (χ0n) is 8.28. The Hall–Kier alpha value is -2.10. The molecule has 4 heteroatoms. The summed E-state index contributed by atoms with van der Waals surface area (Å²) in [5, 5.41) is 0. The molecule has 0 unspecified atom stereocenters. The number of H-pyrrole nitrogens is 2. The van der Waals surface area contributed by atoms with Crippen molar-refractivity contribution >= 4 is 11.0 Å². The van der Waals surface area contributed by atoms with Gasteiger partial charge >= 0.3 is 0 Å². The minimum atomic E-state index is 0.781. The van der Waals surface area contributed by atoms with Gasteiger partial charge in [-0.3, -0.25) is 0 Å². The Morgan fingerprint density at radius 3 is 2.67 bits per heavy atom. The first-order valence-electron chi connectivity index (χ1n) is 4.80. The fourth-order valence-corrected chi connectivity index (χ4v) is 1.60. The number of aryl methyl sites for hydroxylation is 1. The van der Waals surface area contributed by atoms with Gasteiger partial charge in [0, 0.05) is 11.9 Å². The lowest BCUT2D eigenvalue weighted by Gasteiger charge is -1.87. The van der Waals surface area contributed by atoms with Crippen molar-refractivity contribution < 1.29 is 0 Å². The Morgan fingerprint density at radius 2 is 1.93 bits per heavy atom. The molecule has 0 radical (unpaired) electrons. The van der Waals surface area contributed by atoms with Gasteiger partial charge in [0.2, 0.25) is 0 Å². The molecule has 0 amide bonds. The molecule has 0 bridgehead atoms. The summed E-state index contributed by atoms with van der Waals surface area (Å²) in [4.78, 5) is 15.0. The van der Waals surface area contributed by atoms with Gasteiger partial charge in [-0.2, -0.15) is 0 Å². The summed E-state index contributed by atoms with van der Waals surface area (Å²) in [5.41, 5.74) is 3.02. The summed E-state index contributed by atoms with van der Waals surface area (Å²) in [6, 6.07) is 7.94. The SMILES string of the molecule is Cc1cnc(-c2nc3ccccc3[nH]2)[nH]1. The van der Waals surface area contributed by atoms with Crippen LogP contribution in [0.4, 0.5) is 0 Å². The van der Waals surface area contributed by atoms with Crippen LogP contribution in [0.25, 0.3) is 22.7 Å². The second-order valence-corrected chi connectivity index (χ2v) is 3.52. The molecule has 0 saturated heterocycles. The van der Waals surface area contributed by atoms with Crippen LogP contribution in [0.1, 0.15) is 5.69 Å². The number of fused-ring (bicyclic) bond motifs is 1. The molecule has 15 heavy (non-hydrogen) atoms. The van der Waals surface area contributed by atoms with E-state index in [0.29, 0.717) is 0 Å². The van der Waals surface area contributed by atoms with E-state index in [2.05, 4.69) is 19.9 Å². The number of benzene rings is 1. The number of rotatable bonds is 1. The molecule has 2 aromatic heterocycles. The maximum atomic E-state index is 4.45. The summed E-state index contributed by atoms with van der Waals surface area (Å²) in [6.07, 6.45) is 1.79. The van der Waals surface area contributed by atoms with Crippen LogP contribution in [0.15, 0.2) is 30.5 Å². The second-order valence-electron chi connectivity index (χ2n) is 3.52. The second kappa shape index (κ2) is 2.95. The van der Waals surface area contributed by atoms with Gasteiger partial charge in [0.25, 0.3) is 0 Å². The number of aromatic nitrogens is 4. The van der Waals surface area contributed by atoms with Gasteiger partial charge in [-0.15, -0.1) is 0 Å². The van der Waals surface area contributed by atoms with E-state index in [9.17, 15) is 0 Å². The highest BCUT2D eigenvalue weighted by molar-refractivity contribution is 5.78. The number of nitrogens with one attached hydrogen (secondary N) is 2. The highest BCUT2D eigenvalue weighted by Gasteiger charge is 2.06. The lowest BCUT2D eigenvalue weighted by Crippen LogP contribution is -1.82. The van der Waals surface area contributed by atoms with Gasteiger partial charge in [-0.05, 0) is 19.1 Å². The number of hydrogen-bond acceptors (Lipinski definition) is 2.